The van der Waals surface area contributed by atoms with Crippen LogP contribution < -0.4 is 9.62 Å². The van der Waals surface area contributed by atoms with Gasteiger partial charge < -0.3 is 5.32 Å². The van der Waals surface area contributed by atoms with Crippen molar-refractivity contribution in [2.45, 2.75) is 55.0 Å². The maximum absolute atomic E-state index is 14.1. The SMILES string of the molecule is O=C(NCc1ccccc1C(F)F)c1ccc2c(c1)C1(CCSCC1)C(C1CC1)N2S(=O)(=O)c1ccc(F)cc1. The molecule has 3 aliphatic rings. The zero-order valence-electron chi connectivity index (χ0n) is 21.7. The molecule has 40 heavy (non-hydrogen) atoms. The van der Waals surface area contributed by atoms with Crippen LogP contribution in [0.5, 0.6) is 0 Å². The van der Waals surface area contributed by atoms with E-state index in [9.17, 15) is 26.4 Å². The summed E-state index contributed by atoms with van der Waals surface area (Å²) in [6, 6.07) is 15.8. The second-order valence-electron chi connectivity index (χ2n) is 10.7. The number of anilines is 1. The molecule has 0 bridgehead atoms. The first-order valence-electron chi connectivity index (χ1n) is 13.4. The average molecular weight is 587 g/mol. The van der Waals surface area contributed by atoms with Gasteiger partial charge in [0.25, 0.3) is 22.4 Å². The largest absolute Gasteiger partial charge is 0.348 e. The Morgan fingerprint density at radius 1 is 1.02 bits per heavy atom. The lowest BCUT2D eigenvalue weighted by Gasteiger charge is -2.41. The van der Waals surface area contributed by atoms with E-state index in [1.54, 1.807) is 34.6 Å². The Morgan fingerprint density at radius 3 is 2.40 bits per heavy atom. The van der Waals surface area contributed by atoms with Gasteiger partial charge in [0.1, 0.15) is 5.82 Å². The Morgan fingerprint density at radius 2 is 1.73 bits per heavy atom. The minimum Gasteiger partial charge on any atom is -0.348 e. The van der Waals surface area contributed by atoms with Gasteiger partial charge in [0.2, 0.25) is 0 Å². The van der Waals surface area contributed by atoms with Crippen LogP contribution in [0.2, 0.25) is 0 Å². The summed E-state index contributed by atoms with van der Waals surface area (Å²) < 4.78 is 70.3. The molecule has 210 valence electrons. The fraction of sp³-hybridized carbons (Fsp3) is 0.367. The number of nitrogens with one attached hydrogen (secondary N) is 1. The van der Waals surface area contributed by atoms with Crippen molar-refractivity contribution < 1.29 is 26.4 Å². The lowest BCUT2D eigenvalue weighted by atomic mass is 9.70. The minimum absolute atomic E-state index is 0.0345. The molecular weight excluding hydrogens is 557 g/mol. The van der Waals surface area contributed by atoms with Gasteiger partial charge in [-0.05, 0) is 96.7 Å². The molecule has 1 spiro atoms. The second kappa shape index (κ2) is 10.4. The standard InChI is InChI=1S/C30H29F3N2O3S2/c31-22-8-10-23(11-9-22)40(37,38)35-26-12-7-20(29(36)34-18-21-3-1-2-4-24(21)28(32)33)17-25(26)30(13-15-39-16-14-30)27(35)19-5-6-19/h1-4,7-12,17,19,27-28H,5-6,13-16,18H2,(H,34,36). The summed E-state index contributed by atoms with van der Waals surface area (Å²) in [6.07, 6.45) is 0.785. The summed E-state index contributed by atoms with van der Waals surface area (Å²) >= 11 is 1.84. The van der Waals surface area contributed by atoms with Gasteiger partial charge >= 0.3 is 0 Å². The van der Waals surface area contributed by atoms with Gasteiger partial charge in [-0.2, -0.15) is 11.8 Å². The minimum atomic E-state index is -4.00. The number of amides is 1. The third-order valence-corrected chi connectivity index (χ3v) is 11.2. The molecule has 2 aliphatic heterocycles. The van der Waals surface area contributed by atoms with Crippen LogP contribution >= 0.6 is 11.8 Å². The van der Waals surface area contributed by atoms with E-state index in [1.807, 2.05) is 11.8 Å². The smallest absolute Gasteiger partial charge is 0.264 e. The lowest BCUT2D eigenvalue weighted by molar-refractivity contribution is 0.0949. The van der Waals surface area contributed by atoms with Crippen molar-refractivity contribution in [3.05, 3.63) is 94.8 Å². The van der Waals surface area contributed by atoms with Gasteiger partial charge in [-0.1, -0.05) is 24.3 Å². The Hall–Kier alpha value is -2.98. The van der Waals surface area contributed by atoms with E-state index in [2.05, 4.69) is 5.32 Å². The van der Waals surface area contributed by atoms with Crippen LogP contribution in [0.3, 0.4) is 0 Å². The second-order valence-corrected chi connectivity index (χ2v) is 13.8. The Bertz CT molecular complexity index is 1540. The molecule has 2 heterocycles. The number of nitrogens with zero attached hydrogens (tertiary/aromatic N) is 1. The summed E-state index contributed by atoms with van der Waals surface area (Å²) in [7, 11) is -4.00. The molecule has 2 fully saturated rings. The molecule has 1 saturated heterocycles. The Balaban J connectivity index is 1.39. The van der Waals surface area contributed by atoms with Crippen molar-refractivity contribution in [1.29, 1.82) is 0 Å². The summed E-state index contributed by atoms with van der Waals surface area (Å²) in [5, 5.41) is 2.77. The number of carbonyl (C=O) groups excluding carboxylic acids is 1. The van der Waals surface area contributed by atoms with E-state index in [0.29, 0.717) is 16.8 Å². The maximum Gasteiger partial charge on any atom is 0.264 e. The van der Waals surface area contributed by atoms with Gasteiger partial charge in [-0.25, -0.2) is 21.6 Å². The third kappa shape index (κ3) is 4.68. The number of sulfonamides is 1. The van der Waals surface area contributed by atoms with E-state index in [4.69, 9.17) is 0 Å². The molecule has 3 aromatic rings. The predicted molar refractivity (Wildman–Crippen MR) is 150 cm³/mol. The van der Waals surface area contributed by atoms with Crippen molar-refractivity contribution in [3.63, 3.8) is 0 Å². The van der Waals surface area contributed by atoms with E-state index in [0.717, 1.165) is 54.9 Å². The Kier molecular flexibility index (Phi) is 7.11. The van der Waals surface area contributed by atoms with Gasteiger partial charge in [-0.3, -0.25) is 9.10 Å². The van der Waals surface area contributed by atoms with E-state index < -0.39 is 33.6 Å². The highest BCUT2D eigenvalue weighted by Gasteiger charge is 2.59. The fourth-order valence-corrected chi connectivity index (χ4v) is 9.36. The van der Waals surface area contributed by atoms with Gasteiger partial charge in [0, 0.05) is 23.1 Å². The van der Waals surface area contributed by atoms with E-state index in [-0.39, 0.29) is 29.0 Å². The highest BCUT2D eigenvalue weighted by molar-refractivity contribution is 7.99. The molecule has 1 atom stereocenters. The van der Waals surface area contributed by atoms with Gasteiger partial charge in [0.15, 0.2) is 0 Å². The molecule has 1 amide bonds. The predicted octanol–water partition coefficient (Wildman–Crippen LogP) is 6.45. The van der Waals surface area contributed by atoms with Gasteiger partial charge in [-0.15, -0.1) is 0 Å². The number of benzene rings is 3. The van der Waals surface area contributed by atoms with Crippen molar-refractivity contribution in [1.82, 2.24) is 5.32 Å². The zero-order chi connectivity index (χ0) is 28.1. The number of hydrogen-bond acceptors (Lipinski definition) is 4. The van der Waals surface area contributed by atoms with Gasteiger partial charge in [0.05, 0.1) is 16.6 Å². The molecule has 1 saturated carbocycles. The van der Waals surface area contributed by atoms with Crippen molar-refractivity contribution in [2.75, 3.05) is 15.8 Å². The van der Waals surface area contributed by atoms with Crippen molar-refractivity contribution in [2.24, 2.45) is 5.92 Å². The number of fused-ring (bicyclic) bond motifs is 2. The zero-order valence-corrected chi connectivity index (χ0v) is 23.3. The fourth-order valence-electron chi connectivity index (χ4n) is 6.34. The highest BCUT2D eigenvalue weighted by atomic mass is 32.2. The first-order valence-corrected chi connectivity index (χ1v) is 16.0. The molecule has 1 N–H and O–H groups in total. The highest BCUT2D eigenvalue weighted by Crippen LogP contribution is 2.59. The van der Waals surface area contributed by atoms with E-state index >= 15 is 0 Å². The molecular formula is C30H29F3N2O3S2. The molecule has 0 radical (unpaired) electrons. The molecule has 5 nitrogen and oxygen atoms in total. The lowest BCUT2D eigenvalue weighted by Crippen LogP contribution is -2.50. The van der Waals surface area contributed by atoms with Crippen LogP contribution in [0.15, 0.2) is 71.6 Å². The molecule has 0 aromatic heterocycles. The number of hydrogen-bond donors (Lipinski definition) is 1. The van der Waals surface area contributed by atoms with E-state index in [1.165, 1.54) is 24.3 Å². The normalized spacial score (nSPS) is 20.1. The van der Waals surface area contributed by atoms with Crippen LogP contribution in [0.4, 0.5) is 18.9 Å². The number of thioether (sulfide) groups is 1. The first-order chi connectivity index (χ1) is 19.2. The third-order valence-electron chi connectivity index (χ3n) is 8.40. The summed E-state index contributed by atoms with van der Waals surface area (Å²) in [5.74, 6) is 1.05. The van der Waals surface area contributed by atoms with Crippen molar-refractivity contribution >= 4 is 33.4 Å². The molecule has 10 heteroatoms. The summed E-state index contributed by atoms with van der Waals surface area (Å²) in [6.45, 7) is -0.0476. The molecule has 6 rings (SSSR count). The van der Waals surface area contributed by atoms with Crippen LogP contribution in [-0.4, -0.2) is 31.9 Å². The molecule has 1 unspecified atom stereocenters. The van der Waals surface area contributed by atoms with Crippen LogP contribution in [-0.2, 0) is 22.0 Å². The maximum atomic E-state index is 14.1. The van der Waals surface area contributed by atoms with Crippen LogP contribution in [0.1, 0.15) is 59.2 Å². The monoisotopic (exact) mass is 586 g/mol. The molecule has 3 aromatic carbocycles. The number of carbonyl (C=O) groups is 1. The van der Waals surface area contributed by atoms with Crippen molar-refractivity contribution in [3.8, 4) is 0 Å². The number of alkyl halides is 2. The summed E-state index contributed by atoms with van der Waals surface area (Å²) in [4.78, 5) is 13.3. The summed E-state index contributed by atoms with van der Waals surface area (Å²) in [5.41, 5.74) is 1.56. The molecule has 1 aliphatic carbocycles. The Labute approximate surface area is 236 Å². The quantitative estimate of drug-likeness (QED) is 0.346. The van der Waals surface area contributed by atoms with Crippen LogP contribution in [0.25, 0.3) is 0 Å². The van der Waals surface area contributed by atoms with Crippen LogP contribution in [0, 0.1) is 11.7 Å². The first kappa shape index (κ1) is 27.2. The average Bonchev–Trinajstić information content (AvgIpc) is 3.76. The number of halogens is 3. The topological polar surface area (TPSA) is 66.5 Å². The number of rotatable bonds is 7.